The minimum absolute atomic E-state index is 0.557. The molecule has 18 heavy (non-hydrogen) atoms. The molecule has 102 valence electrons. The molecule has 6 heteroatoms. The van der Waals surface area contributed by atoms with Crippen molar-refractivity contribution in [2.24, 2.45) is 0 Å². The molecule has 0 aliphatic rings. The van der Waals surface area contributed by atoms with Crippen molar-refractivity contribution in [2.45, 2.75) is 0 Å². The number of rotatable bonds is 7. The zero-order chi connectivity index (χ0) is 13.6. The van der Waals surface area contributed by atoms with Gasteiger partial charge in [-0.15, -0.1) is 0 Å². The Kier molecular flexibility index (Phi) is 5.18. The number of hydrogen-bond acceptors (Lipinski definition) is 5. The Bertz CT molecular complexity index is 375. The number of nitrogens with two attached hydrogens (primary N) is 2. The van der Waals surface area contributed by atoms with Crippen molar-refractivity contribution < 1.29 is 9.22 Å². The maximum atomic E-state index is 5.77. The molecule has 0 aliphatic heterocycles. The van der Waals surface area contributed by atoms with Crippen LogP contribution in [-0.2, 0) is 4.74 Å². The molecule has 1 aromatic heterocycles. The highest BCUT2D eigenvalue weighted by Crippen LogP contribution is 2.16. The van der Waals surface area contributed by atoms with Crippen molar-refractivity contribution in [3.05, 3.63) is 12.3 Å². The number of aromatic nitrogens is 1. The van der Waals surface area contributed by atoms with Crippen LogP contribution >= 0.6 is 0 Å². The number of anilines is 3. The quantitative estimate of drug-likeness (QED) is 0.484. The molecule has 1 aromatic rings. The SMILES string of the molecule is C[N+](C)(C)CCOCCNc1ncc(N)cc1N. The molecule has 0 saturated heterocycles. The fourth-order valence-electron chi connectivity index (χ4n) is 1.33. The Morgan fingerprint density at radius 2 is 2.00 bits per heavy atom. The molecule has 0 aromatic carbocycles. The van der Waals surface area contributed by atoms with Crippen LogP contribution in [0.25, 0.3) is 0 Å². The summed E-state index contributed by atoms with van der Waals surface area (Å²) in [7, 11) is 6.42. The van der Waals surface area contributed by atoms with Crippen LogP contribution in [0.5, 0.6) is 0 Å². The summed E-state index contributed by atoms with van der Waals surface area (Å²) < 4.78 is 6.43. The highest BCUT2D eigenvalue weighted by atomic mass is 16.5. The Labute approximate surface area is 109 Å². The number of likely N-dealkylation sites (N-methyl/N-ethyl adjacent to an activating group) is 1. The minimum atomic E-state index is 0.557. The van der Waals surface area contributed by atoms with Gasteiger partial charge in [-0.3, -0.25) is 0 Å². The van der Waals surface area contributed by atoms with E-state index >= 15 is 0 Å². The van der Waals surface area contributed by atoms with Crippen LogP contribution in [0.3, 0.4) is 0 Å². The number of nitrogen functional groups attached to an aromatic ring is 2. The van der Waals surface area contributed by atoms with Gasteiger partial charge in [0.2, 0.25) is 0 Å². The Hall–Kier alpha value is -1.53. The van der Waals surface area contributed by atoms with Crippen LogP contribution < -0.4 is 16.8 Å². The monoisotopic (exact) mass is 254 g/mol. The van der Waals surface area contributed by atoms with Gasteiger partial charge in [-0.05, 0) is 6.07 Å². The van der Waals surface area contributed by atoms with E-state index in [-0.39, 0.29) is 0 Å². The van der Waals surface area contributed by atoms with E-state index in [0.29, 0.717) is 30.3 Å². The number of hydrogen-bond donors (Lipinski definition) is 3. The van der Waals surface area contributed by atoms with Crippen LogP contribution in [0.15, 0.2) is 12.3 Å². The summed E-state index contributed by atoms with van der Waals surface area (Å²) in [6, 6.07) is 1.69. The maximum Gasteiger partial charge on any atom is 0.149 e. The third-order valence-corrected chi connectivity index (χ3v) is 2.38. The number of pyridine rings is 1. The van der Waals surface area contributed by atoms with Crippen LogP contribution in [0, 0.1) is 0 Å². The normalized spacial score (nSPS) is 11.5. The van der Waals surface area contributed by atoms with E-state index in [1.807, 2.05) is 0 Å². The predicted octanol–water partition coefficient (Wildman–Crippen LogP) is 0.381. The molecule has 0 saturated carbocycles. The van der Waals surface area contributed by atoms with Crippen molar-refractivity contribution in [1.82, 2.24) is 4.98 Å². The Morgan fingerprint density at radius 3 is 2.61 bits per heavy atom. The fraction of sp³-hybridized carbons (Fsp3) is 0.583. The van der Waals surface area contributed by atoms with Crippen LogP contribution in [0.4, 0.5) is 17.2 Å². The lowest BCUT2D eigenvalue weighted by Crippen LogP contribution is -2.37. The molecule has 1 rings (SSSR count). The standard InChI is InChI=1S/C12H24N5O/c1-17(2,3)5-7-18-6-4-15-12-11(14)8-10(13)9-16-12/h8-9H,4-7,13-14H2,1-3H3,(H,15,16)/q+1. The number of nitrogens with one attached hydrogen (secondary N) is 1. The molecule has 6 nitrogen and oxygen atoms in total. The van der Waals surface area contributed by atoms with E-state index in [1.165, 1.54) is 0 Å². The molecule has 0 atom stereocenters. The largest absolute Gasteiger partial charge is 0.397 e. The van der Waals surface area contributed by atoms with Gasteiger partial charge < -0.3 is 26.0 Å². The first-order valence-electron chi connectivity index (χ1n) is 6.01. The summed E-state index contributed by atoms with van der Waals surface area (Å²) in [5.74, 6) is 0.652. The van der Waals surface area contributed by atoms with Gasteiger partial charge in [0.1, 0.15) is 12.4 Å². The molecular formula is C12H24N5O+. The zero-order valence-corrected chi connectivity index (χ0v) is 11.4. The topological polar surface area (TPSA) is 86.2 Å². The molecule has 0 amide bonds. The van der Waals surface area contributed by atoms with Gasteiger partial charge in [0.15, 0.2) is 0 Å². The summed E-state index contributed by atoms with van der Waals surface area (Å²) in [5.41, 5.74) is 12.5. The molecule has 5 N–H and O–H groups in total. The Balaban J connectivity index is 2.18. The molecule has 0 spiro atoms. The van der Waals surface area contributed by atoms with Gasteiger partial charge in [-0.1, -0.05) is 0 Å². The number of ether oxygens (including phenoxy) is 1. The first kappa shape index (κ1) is 14.5. The average molecular weight is 254 g/mol. The fourth-order valence-corrected chi connectivity index (χ4v) is 1.33. The molecule has 0 unspecified atom stereocenters. The lowest BCUT2D eigenvalue weighted by molar-refractivity contribution is -0.870. The summed E-state index contributed by atoms with van der Waals surface area (Å²) in [4.78, 5) is 4.12. The summed E-state index contributed by atoms with van der Waals surface area (Å²) in [6.45, 7) is 3.04. The van der Waals surface area contributed by atoms with Gasteiger partial charge in [0.05, 0.1) is 51.9 Å². The third kappa shape index (κ3) is 5.70. The summed E-state index contributed by atoms with van der Waals surface area (Å²) >= 11 is 0. The van der Waals surface area contributed by atoms with Crippen molar-refractivity contribution in [3.63, 3.8) is 0 Å². The highest BCUT2D eigenvalue weighted by Gasteiger charge is 2.05. The summed E-state index contributed by atoms with van der Waals surface area (Å²) in [6.07, 6.45) is 1.58. The second-order valence-electron chi connectivity index (χ2n) is 5.26. The minimum Gasteiger partial charge on any atom is -0.397 e. The second kappa shape index (κ2) is 6.42. The number of quaternary nitrogens is 1. The first-order valence-corrected chi connectivity index (χ1v) is 6.01. The number of nitrogens with zero attached hydrogens (tertiary/aromatic N) is 2. The molecule has 0 radical (unpaired) electrons. The van der Waals surface area contributed by atoms with E-state index in [9.17, 15) is 0 Å². The third-order valence-electron chi connectivity index (χ3n) is 2.38. The zero-order valence-electron chi connectivity index (χ0n) is 11.4. The van der Waals surface area contributed by atoms with Gasteiger partial charge in [0, 0.05) is 6.54 Å². The molecule has 0 bridgehead atoms. The molecule has 1 heterocycles. The van der Waals surface area contributed by atoms with Gasteiger partial charge in [0.25, 0.3) is 0 Å². The molecular weight excluding hydrogens is 230 g/mol. The van der Waals surface area contributed by atoms with Crippen molar-refractivity contribution in [2.75, 3.05) is 64.2 Å². The predicted molar refractivity (Wildman–Crippen MR) is 75.3 cm³/mol. The van der Waals surface area contributed by atoms with E-state index in [1.54, 1.807) is 12.3 Å². The average Bonchev–Trinajstić information content (AvgIpc) is 2.24. The first-order chi connectivity index (χ1) is 8.38. The second-order valence-corrected chi connectivity index (χ2v) is 5.26. The lowest BCUT2D eigenvalue weighted by Gasteiger charge is -2.23. The van der Waals surface area contributed by atoms with Crippen molar-refractivity contribution in [3.8, 4) is 0 Å². The van der Waals surface area contributed by atoms with Crippen LogP contribution in [0.1, 0.15) is 0 Å². The lowest BCUT2D eigenvalue weighted by atomic mass is 10.3. The van der Waals surface area contributed by atoms with Crippen molar-refractivity contribution in [1.29, 1.82) is 0 Å². The smallest absolute Gasteiger partial charge is 0.149 e. The van der Waals surface area contributed by atoms with Gasteiger partial charge in [-0.25, -0.2) is 4.98 Å². The van der Waals surface area contributed by atoms with Crippen LogP contribution in [-0.4, -0.2) is 56.9 Å². The Morgan fingerprint density at radius 1 is 1.28 bits per heavy atom. The van der Waals surface area contributed by atoms with E-state index < -0.39 is 0 Å². The van der Waals surface area contributed by atoms with E-state index in [0.717, 1.165) is 17.6 Å². The van der Waals surface area contributed by atoms with E-state index in [2.05, 4.69) is 31.4 Å². The molecule has 0 fully saturated rings. The van der Waals surface area contributed by atoms with Gasteiger partial charge in [-0.2, -0.15) is 0 Å². The summed E-state index contributed by atoms with van der Waals surface area (Å²) in [5, 5.41) is 3.12. The highest BCUT2D eigenvalue weighted by molar-refractivity contribution is 5.65. The van der Waals surface area contributed by atoms with Crippen LogP contribution in [0.2, 0.25) is 0 Å². The van der Waals surface area contributed by atoms with Crippen molar-refractivity contribution >= 4 is 17.2 Å². The van der Waals surface area contributed by atoms with Gasteiger partial charge >= 0.3 is 0 Å². The maximum absolute atomic E-state index is 5.77. The molecule has 0 aliphatic carbocycles. The van der Waals surface area contributed by atoms with E-state index in [4.69, 9.17) is 16.2 Å².